The fourth-order valence-corrected chi connectivity index (χ4v) is 4.24. The first kappa shape index (κ1) is 21.3. The first-order valence-electron chi connectivity index (χ1n) is 9.94. The molecule has 6 heteroatoms. The van der Waals surface area contributed by atoms with Crippen LogP contribution in [0, 0.1) is 18.8 Å². The Morgan fingerprint density at radius 2 is 1.59 bits per heavy atom. The Bertz CT molecular complexity index is 1500. The summed E-state index contributed by atoms with van der Waals surface area (Å²) in [6, 6.07) is 23.0. The van der Waals surface area contributed by atoms with Gasteiger partial charge in [-0.15, -0.1) is 0 Å². The van der Waals surface area contributed by atoms with Crippen LogP contribution in [0.4, 0.5) is 5.82 Å². The number of pyridine rings is 1. The Balaban J connectivity index is 1.67. The molecule has 0 saturated carbocycles. The first-order chi connectivity index (χ1) is 15.3. The molecule has 158 valence electrons. The van der Waals surface area contributed by atoms with Gasteiger partial charge in [0, 0.05) is 16.8 Å². The molecule has 0 fully saturated rings. The summed E-state index contributed by atoms with van der Waals surface area (Å²) in [6.07, 6.45) is 0. The Labute approximate surface area is 187 Å². The number of hydrogen-bond donors (Lipinski definition) is 1. The van der Waals surface area contributed by atoms with Gasteiger partial charge in [-0.05, 0) is 61.0 Å². The van der Waals surface area contributed by atoms with Crippen LogP contribution in [-0.4, -0.2) is 19.2 Å². The lowest BCUT2D eigenvalue weighted by Gasteiger charge is -2.10. The molecule has 0 unspecified atom stereocenters. The van der Waals surface area contributed by atoms with Gasteiger partial charge in [-0.1, -0.05) is 54.3 Å². The molecule has 0 spiro atoms. The van der Waals surface area contributed by atoms with Gasteiger partial charge < -0.3 is 0 Å². The summed E-state index contributed by atoms with van der Waals surface area (Å²) in [5, 5.41) is 1.80. The number of aryl methyl sites for hydroxylation is 1. The second kappa shape index (κ2) is 8.66. The van der Waals surface area contributed by atoms with Crippen molar-refractivity contribution in [2.75, 3.05) is 4.72 Å². The van der Waals surface area contributed by atoms with Crippen molar-refractivity contribution >= 4 is 32.4 Å². The van der Waals surface area contributed by atoms with Crippen molar-refractivity contribution in [1.82, 2.24) is 4.98 Å². The number of Topliss-reactive ketones (excluding diaryl/α,β-unsaturated/α-hetero) is 1. The molecular formula is C26H20N2O3S. The number of carbonyl (C=O) groups excluding carboxylic acids is 1. The molecule has 0 radical (unpaired) electrons. The maximum atomic E-state index is 13.1. The molecule has 0 bridgehead atoms. The Kier molecular flexibility index (Phi) is 5.76. The van der Waals surface area contributed by atoms with Crippen LogP contribution in [0.15, 0.2) is 83.8 Å². The zero-order chi connectivity index (χ0) is 22.7. The molecule has 5 nitrogen and oxygen atoms in total. The number of fused-ring (bicyclic) bond motifs is 1. The summed E-state index contributed by atoms with van der Waals surface area (Å²) in [4.78, 5) is 15.9. The van der Waals surface area contributed by atoms with E-state index in [0.717, 1.165) is 10.8 Å². The highest BCUT2D eigenvalue weighted by molar-refractivity contribution is 7.92. The first-order valence-corrected chi connectivity index (χ1v) is 11.4. The highest BCUT2D eigenvalue weighted by Gasteiger charge is 2.17. The number of aromatic nitrogens is 1. The summed E-state index contributed by atoms with van der Waals surface area (Å²) < 4.78 is 28.7. The van der Waals surface area contributed by atoms with E-state index in [2.05, 4.69) is 21.5 Å². The average molecular weight is 441 g/mol. The van der Waals surface area contributed by atoms with Crippen LogP contribution >= 0.6 is 0 Å². The van der Waals surface area contributed by atoms with E-state index in [9.17, 15) is 13.2 Å². The quantitative estimate of drug-likeness (QED) is 0.360. The number of rotatable bonds is 4. The minimum Gasteiger partial charge on any atom is -0.295 e. The highest BCUT2D eigenvalue weighted by Crippen LogP contribution is 2.22. The Morgan fingerprint density at radius 3 is 2.31 bits per heavy atom. The molecular weight excluding hydrogens is 420 g/mol. The van der Waals surface area contributed by atoms with E-state index in [0.29, 0.717) is 22.4 Å². The lowest BCUT2D eigenvalue weighted by atomic mass is 10.1. The van der Waals surface area contributed by atoms with E-state index in [-0.39, 0.29) is 16.5 Å². The smallest absolute Gasteiger partial charge is 0.263 e. The molecule has 1 aromatic heterocycles. The van der Waals surface area contributed by atoms with Crippen LogP contribution in [0.1, 0.15) is 34.1 Å². The minimum atomic E-state index is -3.86. The van der Waals surface area contributed by atoms with Gasteiger partial charge in [0.25, 0.3) is 10.0 Å². The molecule has 4 aromatic rings. The standard InChI is InChI=1S/C26H20N2O3S/c1-18-7-11-23(14-10-20-8-12-21(13-9-20)19(2)29)26(27-18)28-32(30,31)25-16-15-22-5-3-4-6-24(22)17-25/h3-9,11-13,15-17H,1-2H3,(H,27,28). The summed E-state index contributed by atoms with van der Waals surface area (Å²) >= 11 is 0. The third kappa shape index (κ3) is 4.69. The van der Waals surface area contributed by atoms with E-state index in [1.807, 2.05) is 24.3 Å². The normalized spacial score (nSPS) is 10.9. The van der Waals surface area contributed by atoms with Crippen molar-refractivity contribution in [3.63, 3.8) is 0 Å². The van der Waals surface area contributed by atoms with E-state index < -0.39 is 10.0 Å². The van der Waals surface area contributed by atoms with Crippen molar-refractivity contribution in [3.8, 4) is 11.8 Å². The van der Waals surface area contributed by atoms with E-state index >= 15 is 0 Å². The average Bonchev–Trinajstić information content (AvgIpc) is 2.78. The van der Waals surface area contributed by atoms with Gasteiger partial charge in [-0.25, -0.2) is 13.4 Å². The summed E-state index contributed by atoms with van der Waals surface area (Å²) in [5.41, 5.74) is 2.43. The van der Waals surface area contributed by atoms with E-state index in [1.54, 1.807) is 61.5 Å². The molecule has 0 amide bonds. The maximum Gasteiger partial charge on any atom is 0.263 e. The fraction of sp³-hybridized carbons (Fsp3) is 0.0769. The Morgan fingerprint density at radius 1 is 0.875 bits per heavy atom. The van der Waals surface area contributed by atoms with E-state index in [1.165, 1.54) is 6.92 Å². The van der Waals surface area contributed by atoms with Crippen LogP contribution in [-0.2, 0) is 10.0 Å². The zero-order valence-electron chi connectivity index (χ0n) is 17.6. The number of anilines is 1. The predicted octanol–water partition coefficient (Wildman–Crippen LogP) is 4.95. The molecule has 0 atom stereocenters. The monoisotopic (exact) mass is 440 g/mol. The summed E-state index contributed by atoms with van der Waals surface area (Å²) in [6.45, 7) is 3.29. The predicted molar refractivity (Wildman–Crippen MR) is 126 cm³/mol. The minimum absolute atomic E-state index is 0.0161. The number of sulfonamides is 1. The third-order valence-electron chi connectivity index (χ3n) is 4.93. The van der Waals surface area contributed by atoms with Crippen LogP contribution < -0.4 is 4.72 Å². The lowest BCUT2D eigenvalue weighted by molar-refractivity contribution is 0.101. The van der Waals surface area contributed by atoms with Crippen molar-refractivity contribution in [1.29, 1.82) is 0 Å². The SMILES string of the molecule is CC(=O)c1ccc(C#Cc2ccc(C)nc2NS(=O)(=O)c2ccc3ccccc3c2)cc1. The topological polar surface area (TPSA) is 76.1 Å². The molecule has 0 aliphatic carbocycles. The van der Waals surface area contributed by atoms with Gasteiger partial charge in [0.15, 0.2) is 11.6 Å². The molecule has 4 rings (SSSR count). The van der Waals surface area contributed by atoms with Crippen molar-refractivity contribution in [2.45, 2.75) is 18.7 Å². The van der Waals surface area contributed by atoms with Crippen LogP contribution in [0.25, 0.3) is 10.8 Å². The number of ketones is 1. The molecule has 3 aromatic carbocycles. The maximum absolute atomic E-state index is 13.1. The number of carbonyl (C=O) groups is 1. The molecule has 0 saturated heterocycles. The van der Waals surface area contributed by atoms with Crippen molar-refractivity contribution in [2.24, 2.45) is 0 Å². The summed E-state index contributed by atoms with van der Waals surface area (Å²) in [7, 11) is -3.86. The van der Waals surface area contributed by atoms with E-state index in [4.69, 9.17) is 0 Å². The highest BCUT2D eigenvalue weighted by atomic mass is 32.2. The molecule has 1 N–H and O–H groups in total. The molecule has 1 heterocycles. The fourth-order valence-electron chi connectivity index (χ4n) is 3.18. The van der Waals surface area contributed by atoms with Gasteiger partial charge in [-0.2, -0.15) is 0 Å². The third-order valence-corrected chi connectivity index (χ3v) is 6.27. The molecule has 0 aliphatic heterocycles. The molecule has 32 heavy (non-hydrogen) atoms. The van der Waals surface area contributed by atoms with Crippen LogP contribution in [0.5, 0.6) is 0 Å². The largest absolute Gasteiger partial charge is 0.295 e. The van der Waals surface area contributed by atoms with Crippen LogP contribution in [0.2, 0.25) is 0 Å². The number of nitrogens with zero attached hydrogens (tertiary/aromatic N) is 1. The molecule has 0 aliphatic rings. The van der Waals surface area contributed by atoms with Crippen LogP contribution in [0.3, 0.4) is 0 Å². The van der Waals surface area contributed by atoms with Gasteiger partial charge >= 0.3 is 0 Å². The van der Waals surface area contributed by atoms with Gasteiger partial charge in [-0.3, -0.25) is 9.52 Å². The van der Waals surface area contributed by atoms with Crippen molar-refractivity contribution < 1.29 is 13.2 Å². The number of nitrogens with one attached hydrogen (secondary N) is 1. The number of benzene rings is 3. The number of hydrogen-bond acceptors (Lipinski definition) is 4. The Hall–Kier alpha value is -3.95. The van der Waals surface area contributed by atoms with Gasteiger partial charge in [0.1, 0.15) is 0 Å². The lowest BCUT2D eigenvalue weighted by Crippen LogP contribution is -2.15. The second-order valence-corrected chi connectivity index (χ2v) is 9.03. The summed E-state index contributed by atoms with van der Waals surface area (Å²) in [5.74, 6) is 6.14. The van der Waals surface area contributed by atoms with Gasteiger partial charge in [0.05, 0.1) is 10.5 Å². The second-order valence-electron chi connectivity index (χ2n) is 7.35. The van der Waals surface area contributed by atoms with Gasteiger partial charge in [0.2, 0.25) is 0 Å². The van der Waals surface area contributed by atoms with Crippen molar-refractivity contribution in [3.05, 3.63) is 101 Å². The zero-order valence-corrected chi connectivity index (χ0v) is 18.4.